The van der Waals surface area contributed by atoms with Crippen LogP contribution in [0.1, 0.15) is 25.7 Å². The molecule has 0 spiro atoms. The molecule has 0 aliphatic heterocycles. The van der Waals surface area contributed by atoms with Crippen LogP contribution in [0.15, 0.2) is 0 Å². The Morgan fingerprint density at radius 2 is 2.33 bits per heavy atom. The highest BCUT2D eigenvalue weighted by Crippen LogP contribution is 2.62. The molecule has 2 rings (SSSR count). The fraction of sp³-hybridized carbons (Fsp3) is 1.00. The van der Waals surface area contributed by atoms with Gasteiger partial charge >= 0.3 is 0 Å². The highest BCUT2D eigenvalue weighted by Gasteiger charge is 2.55. The van der Waals surface area contributed by atoms with Crippen LogP contribution in [0.5, 0.6) is 0 Å². The lowest BCUT2D eigenvalue weighted by molar-refractivity contribution is 0.501. The van der Waals surface area contributed by atoms with Crippen LogP contribution in [0.2, 0.25) is 0 Å². The summed E-state index contributed by atoms with van der Waals surface area (Å²) in [5.74, 6) is 1.05. The van der Waals surface area contributed by atoms with Crippen molar-refractivity contribution in [1.82, 2.24) is 6.15 Å². The van der Waals surface area contributed by atoms with E-state index in [9.17, 15) is 0 Å². The molecule has 2 saturated carbocycles. The first-order valence-corrected chi connectivity index (χ1v) is 3.57. The lowest BCUT2D eigenvalue weighted by Gasteiger charge is -2.04. The van der Waals surface area contributed by atoms with E-state index in [0.29, 0.717) is 5.41 Å². The molecule has 0 aromatic heterocycles. The number of fused-ring (bicyclic) bond motifs is 1. The molecule has 2 aliphatic rings. The maximum atomic E-state index is 5.61. The van der Waals surface area contributed by atoms with Gasteiger partial charge in [-0.05, 0) is 37.1 Å². The Hall–Kier alpha value is -0.0800. The predicted molar refractivity (Wildman–Crippen MR) is 38.5 cm³/mol. The third-order valence-electron chi connectivity index (χ3n) is 2.99. The Labute approximate surface area is 56.4 Å². The molecular formula is C7H16N2. The van der Waals surface area contributed by atoms with Crippen LogP contribution in [0.25, 0.3) is 0 Å². The maximum Gasteiger partial charge on any atom is -0.00178 e. The predicted octanol–water partition coefficient (Wildman–Crippen LogP) is 1.30. The maximum absolute atomic E-state index is 5.61. The molecule has 2 aliphatic carbocycles. The Morgan fingerprint density at radius 3 is 2.56 bits per heavy atom. The molecular weight excluding hydrogens is 112 g/mol. The molecule has 0 radical (unpaired) electrons. The van der Waals surface area contributed by atoms with Crippen molar-refractivity contribution in [2.24, 2.45) is 17.1 Å². The first-order valence-electron chi connectivity index (χ1n) is 3.57. The summed E-state index contributed by atoms with van der Waals surface area (Å²) in [5.41, 5.74) is 6.29. The van der Waals surface area contributed by atoms with Crippen molar-refractivity contribution in [2.45, 2.75) is 25.7 Å². The summed E-state index contributed by atoms with van der Waals surface area (Å²) in [6.45, 7) is 0.956. The van der Waals surface area contributed by atoms with Crippen LogP contribution >= 0.6 is 0 Å². The summed E-state index contributed by atoms with van der Waals surface area (Å²) in [7, 11) is 0. The normalized spacial score (nSPS) is 45.7. The van der Waals surface area contributed by atoms with Crippen molar-refractivity contribution in [2.75, 3.05) is 6.54 Å². The lowest BCUT2D eigenvalue weighted by atomic mass is 10.1. The summed E-state index contributed by atoms with van der Waals surface area (Å²) in [6.07, 6.45) is 5.79. The minimum Gasteiger partial charge on any atom is -0.344 e. The van der Waals surface area contributed by atoms with Gasteiger partial charge in [-0.2, -0.15) is 0 Å². The Kier molecular flexibility index (Phi) is 1.53. The third-order valence-corrected chi connectivity index (χ3v) is 2.99. The highest BCUT2D eigenvalue weighted by molar-refractivity contribution is 5.06. The van der Waals surface area contributed by atoms with E-state index in [2.05, 4.69) is 0 Å². The van der Waals surface area contributed by atoms with Crippen LogP contribution < -0.4 is 11.9 Å². The van der Waals surface area contributed by atoms with E-state index in [1.165, 1.54) is 25.7 Å². The van der Waals surface area contributed by atoms with Gasteiger partial charge < -0.3 is 11.9 Å². The standard InChI is InChI=1S/C7H13N.H3N/c8-5-7-3-1-2-6(7)4-7;/h6H,1-5,8H2;1H3. The second-order valence-electron chi connectivity index (χ2n) is 3.36. The zero-order chi connectivity index (χ0) is 5.61. The van der Waals surface area contributed by atoms with Crippen LogP contribution in [0.4, 0.5) is 0 Å². The van der Waals surface area contributed by atoms with Crippen molar-refractivity contribution in [1.29, 1.82) is 0 Å². The molecule has 2 fully saturated rings. The van der Waals surface area contributed by atoms with Crippen molar-refractivity contribution in [3.63, 3.8) is 0 Å². The van der Waals surface area contributed by atoms with E-state index in [0.717, 1.165) is 12.5 Å². The number of nitrogens with two attached hydrogens (primary N) is 1. The summed E-state index contributed by atoms with van der Waals surface area (Å²) in [6, 6.07) is 0. The molecule has 5 N–H and O–H groups in total. The summed E-state index contributed by atoms with van der Waals surface area (Å²) < 4.78 is 0. The highest BCUT2D eigenvalue weighted by atomic mass is 14.7. The number of hydrogen-bond acceptors (Lipinski definition) is 2. The molecule has 2 nitrogen and oxygen atoms in total. The molecule has 2 unspecified atom stereocenters. The topological polar surface area (TPSA) is 61.0 Å². The van der Waals surface area contributed by atoms with E-state index in [4.69, 9.17) is 5.73 Å². The molecule has 0 aromatic carbocycles. The van der Waals surface area contributed by atoms with Gasteiger partial charge in [-0.1, -0.05) is 6.42 Å². The van der Waals surface area contributed by atoms with E-state index < -0.39 is 0 Å². The van der Waals surface area contributed by atoms with Gasteiger partial charge in [0.1, 0.15) is 0 Å². The van der Waals surface area contributed by atoms with Gasteiger partial charge in [0.15, 0.2) is 0 Å². The minimum atomic E-state index is 0. The zero-order valence-electron chi connectivity index (χ0n) is 5.90. The average Bonchev–Trinajstić information content (AvgIpc) is 2.38. The minimum absolute atomic E-state index is 0. The molecule has 2 heteroatoms. The summed E-state index contributed by atoms with van der Waals surface area (Å²) >= 11 is 0. The quantitative estimate of drug-likeness (QED) is 0.559. The van der Waals surface area contributed by atoms with Crippen molar-refractivity contribution in [3.8, 4) is 0 Å². The van der Waals surface area contributed by atoms with Gasteiger partial charge in [0.2, 0.25) is 0 Å². The molecule has 0 bridgehead atoms. The van der Waals surface area contributed by atoms with Gasteiger partial charge in [0.25, 0.3) is 0 Å². The third kappa shape index (κ3) is 0.775. The lowest BCUT2D eigenvalue weighted by Crippen LogP contribution is -2.14. The molecule has 9 heavy (non-hydrogen) atoms. The van der Waals surface area contributed by atoms with Crippen LogP contribution in [-0.2, 0) is 0 Å². The van der Waals surface area contributed by atoms with Gasteiger partial charge in [-0.15, -0.1) is 0 Å². The monoisotopic (exact) mass is 128 g/mol. The first-order chi connectivity index (χ1) is 3.87. The zero-order valence-corrected chi connectivity index (χ0v) is 5.90. The van der Waals surface area contributed by atoms with Gasteiger partial charge in [0.05, 0.1) is 0 Å². The summed E-state index contributed by atoms with van der Waals surface area (Å²) in [4.78, 5) is 0. The van der Waals surface area contributed by atoms with Crippen LogP contribution in [-0.4, -0.2) is 6.54 Å². The van der Waals surface area contributed by atoms with Crippen molar-refractivity contribution >= 4 is 0 Å². The summed E-state index contributed by atoms with van der Waals surface area (Å²) in [5, 5.41) is 0. The van der Waals surface area contributed by atoms with E-state index >= 15 is 0 Å². The van der Waals surface area contributed by atoms with Gasteiger partial charge in [0, 0.05) is 0 Å². The van der Waals surface area contributed by atoms with Gasteiger partial charge in [-0.3, -0.25) is 0 Å². The first kappa shape index (κ1) is 7.03. The second-order valence-corrected chi connectivity index (χ2v) is 3.36. The van der Waals surface area contributed by atoms with Gasteiger partial charge in [-0.25, -0.2) is 0 Å². The van der Waals surface area contributed by atoms with Crippen molar-refractivity contribution < 1.29 is 0 Å². The Morgan fingerprint density at radius 1 is 1.56 bits per heavy atom. The molecule has 54 valence electrons. The van der Waals surface area contributed by atoms with Crippen molar-refractivity contribution in [3.05, 3.63) is 0 Å². The smallest absolute Gasteiger partial charge is 0.00178 e. The second kappa shape index (κ2) is 1.96. The molecule has 0 saturated heterocycles. The van der Waals surface area contributed by atoms with E-state index in [1.807, 2.05) is 0 Å². The number of hydrogen-bond donors (Lipinski definition) is 2. The average molecular weight is 128 g/mol. The van der Waals surface area contributed by atoms with E-state index in [1.54, 1.807) is 0 Å². The van der Waals surface area contributed by atoms with Crippen LogP contribution in [0, 0.1) is 11.3 Å². The van der Waals surface area contributed by atoms with Crippen LogP contribution in [0.3, 0.4) is 0 Å². The largest absolute Gasteiger partial charge is 0.344 e. The van der Waals surface area contributed by atoms with E-state index in [-0.39, 0.29) is 6.15 Å². The molecule has 2 atom stereocenters. The number of rotatable bonds is 1. The Bertz CT molecular complexity index is 109. The SMILES string of the molecule is N.NCC12CCCC1C2. The molecule has 0 heterocycles. The Balaban J connectivity index is 0.000000405. The fourth-order valence-corrected chi connectivity index (χ4v) is 2.20. The molecule has 0 aromatic rings. The fourth-order valence-electron chi connectivity index (χ4n) is 2.20. The molecule has 0 amide bonds.